The van der Waals surface area contributed by atoms with Gasteiger partial charge in [0, 0.05) is 48.2 Å². The van der Waals surface area contributed by atoms with Crippen molar-refractivity contribution in [3.05, 3.63) is 313 Å². The van der Waals surface area contributed by atoms with E-state index in [1.165, 1.54) is 43.8 Å². The van der Waals surface area contributed by atoms with Crippen LogP contribution in [0.1, 0.15) is 22.3 Å². The Bertz CT molecular complexity index is 4340. The van der Waals surface area contributed by atoms with Crippen molar-refractivity contribution in [3.63, 3.8) is 0 Å². The van der Waals surface area contributed by atoms with E-state index in [-0.39, 0.29) is 0 Å². The number of benzene rings is 13. The first kappa shape index (κ1) is 51.5. The molecule has 6 heteroatoms. The molecule has 15 rings (SSSR count). The van der Waals surface area contributed by atoms with Gasteiger partial charge in [-0.3, -0.25) is 0 Å². The third-order valence-electron chi connectivity index (χ3n) is 16.5. The van der Waals surface area contributed by atoms with Crippen LogP contribution in [0.4, 0.5) is 56.9 Å². The molecule has 0 bridgehead atoms. The van der Waals surface area contributed by atoms with Crippen LogP contribution in [0.5, 0.6) is 23.0 Å². The van der Waals surface area contributed by atoms with Crippen molar-refractivity contribution in [1.29, 1.82) is 0 Å². The van der Waals surface area contributed by atoms with Gasteiger partial charge >= 0.3 is 0 Å². The van der Waals surface area contributed by atoms with Crippen LogP contribution in [0.2, 0.25) is 0 Å². The Balaban J connectivity index is 0.772. The van der Waals surface area contributed by atoms with Crippen LogP contribution in [-0.4, -0.2) is 14.1 Å². The predicted molar refractivity (Wildman–Crippen MR) is 362 cm³/mol. The lowest BCUT2D eigenvalue weighted by molar-refractivity contribution is 0.475. The third kappa shape index (κ3) is 9.65. The van der Waals surface area contributed by atoms with E-state index in [2.05, 4.69) is 349 Å². The van der Waals surface area contributed by atoms with Crippen molar-refractivity contribution in [3.8, 4) is 45.3 Å². The molecule has 0 aromatic heterocycles. The number of para-hydroxylation sites is 4. The van der Waals surface area contributed by atoms with E-state index >= 15 is 0 Å². The SMILES string of the molecule is CN1c2cc(/C=C/c3ccc4c(-c5ccccc5)c(-c5ccccc5)c5ccc(/C=C/c6ccc7c(c6)N(C)c6cc(N(c8ccccc8)c8ccccc8)ccc6O7)cc5c4c3)ccc2Oc2ccc(N(c3ccccc3)c3ccccc3)cc21. The molecule has 0 amide bonds. The topological polar surface area (TPSA) is 31.4 Å². The number of hydrogen-bond acceptors (Lipinski definition) is 6. The molecule has 6 nitrogen and oxygen atoms in total. The Kier molecular flexibility index (Phi) is 13.2. The summed E-state index contributed by atoms with van der Waals surface area (Å²) in [5.41, 5.74) is 19.6. The van der Waals surface area contributed by atoms with Gasteiger partial charge < -0.3 is 29.1 Å². The van der Waals surface area contributed by atoms with Gasteiger partial charge in [-0.05, 0) is 187 Å². The Morgan fingerprint density at radius 1 is 0.256 bits per heavy atom. The zero-order chi connectivity index (χ0) is 57.5. The maximum atomic E-state index is 6.62. The highest BCUT2D eigenvalue weighted by Crippen LogP contribution is 2.52. The van der Waals surface area contributed by atoms with E-state index in [1.54, 1.807) is 0 Å². The fraction of sp³-hybridized carbons (Fsp3) is 0.0250. The number of nitrogens with zero attached hydrogens (tertiary/aromatic N) is 4. The van der Waals surface area contributed by atoms with Crippen LogP contribution >= 0.6 is 0 Å². The van der Waals surface area contributed by atoms with E-state index in [9.17, 15) is 0 Å². The van der Waals surface area contributed by atoms with Crippen molar-refractivity contribution >= 4 is 103 Å². The minimum Gasteiger partial charge on any atom is -0.453 e. The van der Waals surface area contributed by atoms with E-state index in [4.69, 9.17) is 9.47 Å². The molecule has 0 unspecified atom stereocenters. The van der Waals surface area contributed by atoms with Crippen molar-refractivity contribution in [2.45, 2.75) is 0 Å². The highest BCUT2D eigenvalue weighted by Gasteiger charge is 2.27. The molecule has 2 heterocycles. The van der Waals surface area contributed by atoms with E-state index < -0.39 is 0 Å². The molecule has 0 fully saturated rings. The highest BCUT2D eigenvalue weighted by molar-refractivity contribution is 6.22. The average Bonchev–Trinajstić information content (AvgIpc) is 1.55. The lowest BCUT2D eigenvalue weighted by Crippen LogP contribution is -2.17. The van der Waals surface area contributed by atoms with Gasteiger partial charge in [0.1, 0.15) is 0 Å². The Morgan fingerprint density at radius 2 is 0.535 bits per heavy atom. The van der Waals surface area contributed by atoms with Crippen LogP contribution in [0.3, 0.4) is 0 Å². The monoisotopic (exact) mass is 1110 g/mol. The zero-order valence-corrected chi connectivity index (χ0v) is 47.6. The van der Waals surface area contributed by atoms with Crippen LogP contribution in [0.15, 0.2) is 291 Å². The second-order valence-corrected chi connectivity index (χ2v) is 21.9. The van der Waals surface area contributed by atoms with Crippen LogP contribution in [0.25, 0.3) is 68.1 Å². The summed E-state index contributed by atoms with van der Waals surface area (Å²) in [6.45, 7) is 0. The average molecular weight is 1110 g/mol. The predicted octanol–water partition coefficient (Wildman–Crippen LogP) is 22.4. The molecular weight excluding hydrogens is 1050 g/mol. The summed E-state index contributed by atoms with van der Waals surface area (Å²) in [6.07, 6.45) is 8.89. The van der Waals surface area contributed by atoms with E-state index in [0.717, 1.165) is 102 Å². The fourth-order valence-corrected chi connectivity index (χ4v) is 12.3. The summed E-state index contributed by atoms with van der Waals surface area (Å²) in [6, 6.07) is 103. The lowest BCUT2D eigenvalue weighted by atomic mass is 9.84. The summed E-state index contributed by atoms with van der Waals surface area (Å²) in [4.78, 5) is 9.05. The second kappa shape index (κ2) is 22.1. The highest BCUT2D eigenvalue weighted by atomic mass is 16.5. The molecule has 0 N–H and O–H groups in total. The van der Waals surface area contributed by atoms with Crippen molar-refractivity contribution < 1.29 is 9.47 Å². The van der Waals surface area contributed by atoms with Gasteiger partial charge in [0.15, 0.2) is 23.0 Å². The molecule has 86 heavy (non-hydrogen) atoms. The Labute approximate surface area is 501 Å². The van der Waals surface area contributed by atoms with Crippen molar-refractivity contribution in [2.75, 3.05) is 33.7 Å². The van der Waals surface area contributed by atoms with E-state index in [1.807, 2.05) is 0 Å². The van der Waals surface area contributed by atoms with Gasteiger partial charge in [-0.15, -0.1) is 0 Å². The molecule has 0 aliphatic carbocycles. The summed E-state index contributed by atoms with van der Waals surface area (Å²) >= 11 is 0. The molecule has 0 saturated heterocycles. The first-order chi connectivity index (χ1) is 42.5. The molecule has 0 radical (unpaired) electrons. The molecule has 410 valence electrons. The first-order valence-corrected chi connectivity index (χ1v) is 29.2. The van der Waals surface area contributed by atoms with Crippen LogP contribution in [0, 0.1) is 0 Å². The summed E-state index contributed by atoms with van der Waals surface area (Å²) in [7, 11) is 4.25. The Morgan fingerprint density at radius 3 is 0.872 bits per heavy atom. The fourth-order valence-electron chi connectivity index (χ4n) is 12.3. The van der Waals surface area contributed by atoms with Gasteiger partial charge in [0.2, 0.25) is 0 Å². The molecule has 13 aromatic carbocycles. The van der Waals surface area contributed by atoms with Crippen molar-refractivity contribution in [1.82, 2.24) is 0 Å². The first-order valence-electron chi connectivity index (χ1n) is 29.2. The number of hydrogen-bond donors (Lipinski definition) is 0. The summed E-state index contributed by atoms with van der Waals surface area (Å²) in [5, 5.41) is 4.76. The molecular formula is C80H58N4O2. The molecule has 2 aliphatic rings. The quantitative estimate of drug-likeness (QED) is 0.0895. The number of fused-ring (bicyclic) bond motifs is 7. The third-order valence-corrected chi connectivity index (χ3v) is 16.5. The van der Waals surface area contributed by atoms with Crippen LogP contribution < -0.4 is 29.1 Å². The maximum absolute atomic E-state index is 6.62. The van der Waals surface area contributed by atoms with Crippen molar-refractivity contribution in [2.24, 2.45) is 0 Å². The molecule has 0 saturated carbocycles. The van der Waals surface area contributed by atoms with Gasteiger partial charge in [0.25, 0.3) is 0 Å². The van der Waals surface area contributed by atoms with Gasteiger partial charge in [-0.1, -0.05) is 194 Å². The maximum Gasteiger partial charge on any atom is 0.151 e. The number of rotatable bonds is 12. The number of ether oxygens (including phenoxy) is 2. The van der Waals surface area contributed by atoms with E-state index in [0.29, 0.717) is 0 Å². The number of anilines is 10. The molecule has 2 aliphatic heterocycles. The minimum atomic E-state index is 0.818. The zero-order valence-electron chi connectivity index (χ0n) is 47.6. The second-order valence-electron chi connectivity index (χ2n) is 21.9. The smallest absolute Gasteiger partial charge is 0.151 e. The molecule has 0 spiro atoms. The summed E-state index contributed by atoms with van der Waals surface area (Å²) < 4.78 is 13.2. The van der Waals surface area contributed by atoms with Gasteiger partial charge in [-0.25, -0.2) is 0 Å². The normalized spacial score (nSPS) is 12.3. The van der Waals surface area contributed by atoms with Gasteiger partial charge in [-0.2, -0.15) is 0 Å². The minimum absolute atomic E-state index is 0.818. The Hall–Kier alpha value is -11.3. The standard InChI is InChI=1S/C80H58N4O2/c1-81-71-51-57(39-45-75(71)85-77-47-41-65(53-73(77)81)83(61-25-13-5-14-26-61)62-27-15-6-16-28-62)35-33-55-37-43-67-69(49-55)70-50-56(38-44-68(70)80(60-23-11-4-12-24-60)79(67)59-21-9-3-10-22-59)34-36-58-40-46-76-72(52-58)82(2)74-54-66(42-48-78(74)86-76)84(63-29-17-7-18-30-63)64-31-19-8-20-32-64/h3-54H,1-2H3/b35-33+,36-34+. The largest absolute Gasteiger partial charge is 0.453 e. The molecule has 0 atom stereocenters. The molecule has 13 aromatic rings. The lowest BCUT2D eigenvalue weighted by Gasteiger charge is -2.32. The van der Waals surface area contributed by atoms with Gasteiger partial charge in [0.05, 0.1) is 22.7 Å². The van der Waals surface area contributed by atoms with Crippen LogP contribution in [-0.2, 0) is 0 Å². The summed E-state index contributed by atoms with van der Waals surface area (Å²) in [5.74, 6) is 3.28.